The molecule has 1 unspecified atom stereocenters. The molecule has 2 heterocycles. The summed E-state index contributed by atoms with van der Waals surface area (Å²) in [5.41, 5.74) is 1.17. The summed E-state index contributed by atoms with van der Waals surface area (Å²) in [6, 6.07) is 2.02. The van der Waals surface area contributed by atoms with Crippen LogP contribution in [0, 0.1) is 12.8 Å². The Morgan fingerprint density at radius 3 is 3.00 bits per heavy atom. The van der Waals surface area contributed by atoms with Gasteiger partial charge in [0.15, 0.2) is 0 Å². The number of thiophene rings is 1. The van der Waals surface area contributed by atoms with Gasteiger partial charge < -0.3 is 10.0 Å². The number of aliphatic carboxylic acids is 1. The topological polar surface area (TPSA) is 57.6 Å². The van der Waals surface area contributed by atoms with Crippen LogP contribution in [0.4, 0.5) is 0 Å². The zero-order valence-corrected chi connectivity index (χ0v) is 10.5. The van der Waals surface area contributed by atoms with E-state index in [0.717, 1.165) is 4.88 Å². The maximum Gasteiger partial charge on any atom is 0.308 e. The molecule has 0 saturated carbocycles. The van der Waals surface area contributed by atoms with Gasteiger partial charge in [0.1, 0.15) is 0 Å². The molecule has 0 aromatic carbocycles. The van der Waals surface area contributed by atoms with Gasteiger partial charge in [-0.05, 0) is 30.4 Å². The number of hydrogen-bond acceptors (Lipinski definition) is 3. The molecule has 0 aliphatic carbocycles. The van der Waals surface area contributed by atoms with E-state index in [1.54, 1.807) is 16.2 Å². The third-order valence-corrected chi connectivity index (χ3v) is 4.16. The van der Waals surface area contributed by atoms with Crippen LogP contribution in [0.1, 0.15) is 23.3 Å². The van der Waals surface area contributed by atoms with Crippen molar-refractivity contribution in [1.29, 1.82) is 0 Å². The second-order valence-electron chi connectivity index (χ2n) is 4.37. The van der Waals surface area contributed by atoms with Gasteiger partial charge in [0.2, 0.25) is 5.91 Å². The van der Waals surface area contributed by atoms with Crippen molar-refractivity contribution in [1.82, 2.24) is 4.90 Å². The minimum absolute atomic E-state index is 0.0651. The van der Waals surface area contributed by atoms with Gasteiger partial charge in [-0.1, -0.05) is 0 Å². The molecule has 1 fully saturated rings. The minimum Gasteiger partial charge on any atom is -0.481 e. The Balaban J connectivity index is 2.06. The van der Waals surface area contributed by atoms with Crippen LogP contribution >= 0.6 is 11.3 Å². The smallest absolute Gasteiger partial charge is 0.308 e. The van der Waals surface area contributed by atoms with Crippen LogP contribution in [0.15, 0.2) is 11.4 Å². The highest BCUT2D eigenvalue weighted by atomic mass is 32.1. The van der Waals surface area contributed by atoms with Gasteiger partial charge in [-0.15, -0.1) is 11.3 Å². The summed E-state index contributed by atoms with van der Waals surface area (Å²) in [6.07, 6.45) is 0.815. The summed E-state index contributed by atoms with van der Waals surface area (Å²) in [5, 5.41) is 11.0. The Morgan fingerprint density at radius 2 is 2.41 bits per heavy atom. The molecular formula is C12H15NO3S. The van der Waals surface area contributed by atoms with E-state index in [1.165, 1.54) is 5.56 Å². The van der Waals surface area contributed by atoms with Crippen molar-refractivity contribution < 1.29 is 14.7 Å². The average molecular weight is 253 g/mol. The zero-order chi connectivity index (χ0) is 12.4. The lowest BCUT2D eigenvalue weighted by molar-refractivity contribution is -0.147. The average Bonchev–Trinajstić information content (AvgIpc) is 2.67. The zero-order valence-electron chi connectivity index (χ0n) is 9.68. The van der Waals surface area contributed by atoms with Gasteiger partial charge in [-0.3, -0.25) is 9.59 Å². The van der Waals surface area contributed by atoms with E-state index in [-0.39, 0.29) is 5.91 Å². The van der Waals surface area contributed by atoms with Gasteiger partial charge >= 0.3 is 5.97 Å². The highest BCUT2D eigenvalue weighted by Gasteiger charge is 2.30. The molecule has 1 aromatic rings. The van der Waals surface area contributed by atoms with Gasteiger partial charge in [-0.2, -0.15) is 0 Å². The summed E-state index contributed by atoms with van der Waals surface area (Å²) in [6.45, 7) is 2.90. The van der Waals surface area contributed by atoms with E-state index in [4.69, 9.17) is 5.11 Å². The van der Waals surface area contributed by atoms with Crippen LogP contribution in [0.3, 0.4) is 0 Å². The van der Waals surface area contributed by atoms with Crippen molar-refractivity contribution in [3.8, 4) is 0 Å². The first kappa shape index (κ1) is 12.1. The first-order valence-corrected chi connectivity index (χ1v) is 6.49. The predicted molar refractivity (Wildman–Crippen MR) is 64.8 cm³/mol. The van der Waals surface area contributed by atoms with Crippen molar-refractivity contribution in [3.63, 3.8) is 0 Å². The van der Waals surface area contributed by atoms with Crippen molar-refractivity contribution in [3.05, 3.63) is 21.9 Å². The molecule has 1 aliphatic heterocycles. The van der Waals surface area contributed by atoms with E-state index < -0.39 is 11.9 Å². The number of piperidine rings is 1. The Bertz CT molecular complexity index is 441. The molecule has 1 aliphatic rings. The molecule has 1 N–H and O–H groups in total. The highest BCUT2D eigenvalue weighted by Crippen LogP contribution is 2.23. The lowest BCUT2D eigenvalue weighted by Gasteiger charge is -2.30. The molecule has 5 heteroatoms. The molecule has 1 amide bonds. The Kier molecular flexibility index (Phi) is 3.47. The molecular weight excluding hydrogens is 238 g/mol. The number of carbonyl (C=O) groups is 2. The maximum absolute atomic E-state index is 11.7. The number of nitrogens with zero attached hydrogens (tertiary/aromatic N) is 1. The Hall–Kier alpha value is -1.36. The number of rotatable bonds is 3. The molecule has 92 valence electrons. The number of amides is 1. The molecule has 0 radical (unpaired) electrons. The number of carbonyl (C=O) groups excluding carboxylic acids is 1. The number of hydrogen-bond donors (Lipinski definition) is 1. The number of carboxylic acid groups (broad SMARTS) is 1. The first-order valence-electron chi connectivity index (χ1n) is 5.61. The fraction of sp³-hybridized carbons (Fsp3) is 0.500. The van der Waals surface area contributed by atoms with Gasteiger partial charge in [-0.25, -0.2) is 0 Å². The van der Waals surface area contributed by atoms with Crippen molar-refractivity contribution in [2.45, 2.75) is 26.3 Å². The van der Waals surface area contributed by atoms with Crippen molar-refractivity contribution >= 4 is 23.2 Å². The number of likely N-dealkylation sites (tertiary alicyclic amines) is 1. The van der Waals surface area contributed by atoms with E-state index in [9.17, 15) is 9.59 Å². The molecule has 2 rings (SSSR count). The molecule has 0 spiro atoms. The fourth-order valence-electron chi connectivity index (χ4n) is 2.01. The summed E-state index contributed by atoms with van der Waals surface area (Å²) < 4.78 is 0. The van der Waals surface area contributed by atoms with E-state index in [0.29, 0.717) is 25.9 Å². The Morgan fingerprint density at radius 1 is 1.65 bits per heavy atom. The monoisotopic (exact) mass is 253 g/mol. The number of aryl methyl sites for hydroxylation is 1. The highest BCUT2D eigenvalue weighted by molar-refractivity contribution is 7.10. The van der Waals surface area contributed by atoms with Crippen LogP contribution in [-0.4, -0.2) is 28.4 Å². The van der Waals surface area contributed by atoms with Crippen molar-refractivity contribution in [2.75, 3.05) is 6.54 Å². The van der Waals surface area contributed by atoms with Crippen LogP contribution in [-0.2, 0) is 16.1 Å². The number of carboxylic acids is 1. The van der Waals surface area contributed by atoms with Gasteiger partial charge in [0, 0.05) is 17.8 Å². The molecule has 4 nitrogen and oxygen atoms in total. The van der Waals surface area contributed by atoms with Gasteiger partial charge in [0.05, 0.1) is 12.5 Å². The lowest BCUT2D eigenvalue weighted by atomic mass is 9.97. The van der Waals surface area contributed by atoms with Gasteiger partial charge in [0.25, 0.3) is 0 Å². The maximum atomic E-state index is 11.7. The van der Waals surface area contributed by atoms with Crippen LogP contribution in [0.5, 0.6) is 0 Å². The largest absolute Gasteiger partial charge is 0.481 e. The molecule has 17 heavy (non-hydrogen) atoms. The molecule has 1 aromatic heterocycles. The molecule has 1 atom stereocenters. The normalized spacial score (nSPS) is 20.6. The van der Waals surface area contributed by atoms with E-state index >= 15 is 0 Å². The summed E-state index contributed by atoms with van der Waals surface area (Å²) in [5.74, 6) is -1.14. The second kappa shape index (κ2) is 4.87. The third kappa shape index (κ3) is 2.66. The first-order chi connectivity index (χ1) is 8.08. The fourth-order valence-corrected chi connectivity index (χ4v) is 2.93. The molecule has 0 bridgehead atoms. The Labute approximate surface area is 104 Å². The SMILES string of the molecule is Cc1ccsc1CN1CC(C(=O)O)CCC1=O. The summed E-state index contributed by atoms with van der Waals surface area (Å²) in [7, 11) is 0. The predicted octanol–water partition coefficient (Wildman–Crippen LogP) is 1.88. The van der Waals surface area contributed by atoms with E-state index in [1.807, 2.05) is 18.4 Å². The van der Waals surface area contributed by atoms with Crippen LogP contribution in [0.25, 0.3) is 0 Å². The molecule has 1 saturated heterocycles. The van der Waals surface area contributed by atoms with E-state index in [2.05, 4.69) is 0 Å². The van der Waals surface area contributed by atoms with Crippen LogP contribution in [0.2, 0.25) is 0 Å². The lowest BCUT2D eigenvalue weighted by Crippen LogP contribution is -2.41. The standard InChI is InChI=1S/C12H15NO3S/c1-8-4-5-17-10(8)7-13-6-9(12(15)16)2-3-11(13)14/h4-5,9H,2-3,6-7H2,1H3,(H,15,16). The second-order valence-corrected chi connectivity index (χ2v) is 5.38. The van der Waals surface area contributed by atoms with Crippen molar-refractivity contribution in [2.24, 2.45) is 5.92 Å². The summed E-state index contributed by atoms with van der Waals surface area (Å²) >= 11 is 1.61. The summed E-state index contributed by atoms with van der Waals surface area (Å²) in [4.78, 5) is 25.5. The van der Waals surface area contributed by atoms with Crippen LogP contribution < -0.4 is 0 Å². The quantitative estimate of drug-likeness (QED) is 0.894. The third-order valence-electron chi connectivity index (χ3n) is 3.15. The minimum atomic E-state index is -0.801.